The molecule has 0 unspecified atom stereocenters. The van der Waals surface area contributed by atoms with E-state index in [9.17, 15) is 15.4 Å². The van der Waals surface area contributed by atoms with E-state index in [0.29, 0.717) is 17.1 Å². The number of hydrogen-bond acceptors (Lipinski definition) is 6. The Morgan fingerprint density at radius 3 is 2.73 bits per heavy atom. The van der Waals surface area contributed by atoms with Gasteiger partial charge in [0.05, 0.1) is 23.1 Å². The van der Waals surface area contributed by atoms with Gasteiger partial charge in [0.25, 0.3) is 5.69 Å². The Kier molecular flexibility index (Phi) is 4.67. The van der Waals surface area contributed by atoms with Crippen molar-refractivity contribution >= 4 is 16.6 Å². The van der Waals surface area contributed by atoms with Gasteiger partial charge in [-0.05, 0) is 37.3 Å². The molecule has 0 bridgehead atoms. The fourth-order valence-electron chi connectivity index (χ4n) is 2.68. The Morgan fingerprint density at radius 1 is 1.23 bits per heavy atom. The summed E-state index contributed by atoms with van der Waals surface area (Å²) in [7, 11) is 1.44. The first kappa shape index (κ1) is 17.2. The number of nitriles is 1. The van der Waals surface area contributed by atoms with Crippen LogP contribution in [0, 0.1) is 28.4 Å². The lowest BCUT2D eigenvalue weighted by Crippen LogP contribution is -2.04. The zero-order valence-electron chi connectivity index (χ0n) is 14.2. The number of hydrogen-bond donors (Lipinski definition) is 0. The van der Waals surface area contributed by atoms with Crippen molar-refractivity contribution < 1.29 is 14.4 Å². The molecule has 0 radical (unpaired) electrons. The van der Waals surface area contributed by atoms with Crippen LogP contribution in [0.2, 0.25) is 0 Å². The molecule has 0 saturated carbocycles. The van der Waals surface area contributed by atoms with Crippen LogP contribution in [0.1, 0.15) is 16.8 Å². The van der Waals surface area contributed by atoms with Crippen LogP contribution < -0.4 is 9.47 Å². The molecule has 0 N–H and O–H groups in total. The molecule has 3 rings (SSSR count). The summed E-state index contributed by atoms with van der Waals surface area (Å²) in [4.78, 5) is 15.0. The van der Waals surface area contributed by atoms with Gasteiger partial charge in [0.2, 0.25) is 0 Å². The van der Waals surface area contributed by atoms with E-state index in [1.54, 1.807) is 6.07 Å². The van der Waals surface area contributed by atoms with Crippen LogP contribution in [0.15, 0.2) is 42.5 Å². The van der Waals surface area contributed by atoms with Crippen molar-refractivity contribution in [2.75, 3.05) is 7.11 Å². The summed E-state index contributed by atoms with van der Waals surface area (Å²) in [6.45, 7) is 1.89. The van der Waals surface area contributed by atoms with Crippen LogP contribution >= 0.6 is 0 Å². The van der Waals surface area contributed by atoms with Gasteiger partial charge >= 0.3 is 0 Å². The lowest BCUT2D eigenvalue weighted by Gasteiger charge is -2.12. The van der Waals surface area contributed by atoms with Crippen LogP contribution in [0.5, 0.6) is 11.5 Å². The minimum atomic E-state index is -0.592. The van der Waals surface area contributed by atoms with Crippen molar-refractivity contribution in [3.05, 3.63) is 69.4 Å². The van der Waals surface area contributed by atoms with Crippen LogP contribution in [0.3, 0.4) is 0 Å². The highest BCUT2D eigenvalue weighted by atomic mass is 16.6. The summed E-state index contributed by atoms with van der Waals surface area (Å²) in [5, 5.41) is 21.4. The van der Waals surface area contributed by atoms with Crippen molar-refractivity contribution in [1.82, 2.24) is 4.98 Å². The zero-order valence-corrected chi connectivity index (χ0v) is 14.2. The average molecular weight is 349 g/mol. The Bertz CT molecular complexity index is 1040. The summed E-state index contributed by atoms with van der Waals surface area (Å²) >= 11 is 0. The third-order valence-electron chi connectivity index (χ3n) is 3.96. The van der Waals surface area contributed by atoms with Gasteiger partial charge in [-0.3, -0.25) is 15.1 Å². The second kappa shape index (κ2) is 7.07. The maximum absolute atomic E-state index is 11.1. The highest BCUT2D eigenvalue weighted by Gasteiger charge is 2.22. The first-order valence-electron chi connectivity index (χ1n) is 7.78. The van der Waals surface area contributed by atoms with Crippen LogP contribution in [-0.4, -0.2) is 17.0 Å². The maximum Gasteiger partial charge on any atom is 0.287 e. The number of fused-ring (bicyclic) bond motifs is 1. The number of nitro groups is 1. The van der Waals surface area contributed by atoms with E-state index in [2.05, 4.69) is 4.98 Å². The second-order valence-electron chi connectivity index (χ2n) is 5.61. The van der Waals surface area contributed by atoms with Crippen LogP contribution in [0.25, 0.3) is 10.9 Å². The number of aryl methyl sites for hydroxylation is 1. The minimum absolute atomic E-state index is 0.0292. The Morgan fingerprint density at radius 2 is 2.04 bits per heavy atom. The standard InChI is InChI=1S/C19H15N3O4/c1-12-3-4-13-9-14(5-6-17(13)21-12)26-11-16-15(10-20)18(22(23)24)7-8-19(16)25-2/h3-9H,11H2,1-2H3. The van der Waals surface area contributed by atoms with E-state index in [4.69, 9.17) is 9.47 Å². The van der Waals surface area contributed by atoms with E-state index in [1.165, 1.54) is 19.2 Å². The molecule has 0 aliphatic heterocycles. The lowest BCUT2D eigenvalue weighted by atomic mass is 10.1. The molecule has 7 nitrogen and oxygen atoms in total. The molecule has 7 heteroatoms. The molecule has 2 aromatic carbocycles. The van der Waals surface area contributed by atoms with Crippen molar-refractivity contribution in [1.29, 1.82) is 5.26 Å². The third kappa shape index (κ3) is 3.26. The number of aromatic nitrogens is 1. The summed E-state index contributed by atoms with van der Waals surface area (Å²) < 4.78 is 11.0. The average Bonchev–Trinajstić information content (AvgIpc) is 2.65. The van der Waals surface area contributed by atoms with Gasteiger partial charge < -0.3 is 9.47 Å². The Balaban J connectivity index is 1.94. The Hall–Kier alpha value is -3.66. The predicted molar refractivity (Wildman–Crippen MR) is 95.2 cm³/mol. The minimum Gasteiger partial charge on any atom is -0.496 e. The maximum atomic E-state index is 11.1. The predicted octanol–water partition coefficient (Wildman–Crippen LogP) is 3.91. The molecule has 130 valence electrons. The normalized spacial score (nSPS) is 10.3. The second-order valence-corrected chi connectivity index (χ2v) is 5.61. The number of pyridine rings is 1. The lowest BCUT2D eigenvalue weighted by molar-refractivity contribution is -0.385. The molecule has 3 aromatic rings. The number of nitrogens with zero attached hydrogens (tertiary/aromatic N) is 3. The fourth-order valence-corrected chi connectivity index (χ4v) is 2.68. The number of ether oxygens (including phenoxy) is 2. The van der Waals surface area contributed by atoms with Gasteiger partial charge in [-0.25, -0.2) is 0 Å². The summed E-state index contributed by atoms with van der Waals surface area (Å²) in [6, 6.07) is 13.9. The number of rotatable bonds is 5. The topological polar surface area (TPSA) is 98.3 Å². The van der Waals surface area contributed by atoms with Crippen molar-refractivity contribution in [3.8, 4) is 17.6 Å². The van der Waals surface area contributed by atoms with Crippen LogP contribution in [0.4, 0.5) is 5.69 Å². The molecule has 0 spiro atoms. The summed E-state index contributed by atoms with van der Waals surface area (Å²) in [5.74, 6) is 0.936. The smallest absolute Gasteiger partial charge is 0.287 e. The molecule has 26 heavy (non-hydrogen) atoms. The van der Waals surface area contributed by atoms with Gasteiger partial charge in [0, 0.05) is 17.1 Å². The fraction of sp³-hybridized carbons (Fsp3) is 0.158. The molecule has 0 saturated heterocycles. The molecule has 0 aliphatic rings. The number of methoxy groups -OCH3 is 1. The van der Waals surface area contributed by atoms with Crippen molar-refractivity contribution in [2.45, 2.75) is 13.5 Å². The molecular weight excluding hydrogens is 334 g/mol. The highest BCUT2D eigenvalue weighted by molar-refractivity contribution is 5.80. The Labute approximate surface area is 149 Å². The summed E-state index contributed by atoms with van der Waals surface area (Å²) in [6.07, 6.45) is 0. The SMILES string of the molecule is COc1ccc([N+](=O)[O-])c(C#N)c1COc1ccc2nc(C)ccc2c1. The molecular formula is C19H15N3O4. The van der Waals surface area contributed by atoms with E-state index >= 15 is 0 Å². The van der Waals surface area contributed by atoms with E-state index in [-0.39, 0.29) is 17.9 Å². The number of benzene rings is 2. The zero-order chi connectivity index (χ0) is 18.7. The first-order valence-corrected chi connectivity index (χ1v) is 7.78. The quantitative estimate of drug-likeness (QED) is 0.511. The third-order valence-corrected chi connectivity index (χ3v) is 3.96. The monoisotopic (exact) mass is 349 g/mol. The molecule has 1 heterocycles. The summed E-state index contributed by atoms with van der Waals surface area (Å²) in [5.41, 5.74) is 1.78. The van der Waals surface area contributed by atoms with Crippen molar-refractivity contribution in [3.63, 3.8) is 0 Å². The van der Waals surface area contributed by atoms with Gasteiger partial charge in [0.15, 0.2) is 0 Å². The van der Waals surface area contributed by atoms with Crippen LogP contribution in [-0.2, 0) is 6.61 Å². The van der Waals surface area contributed by atoms with Gasteiger partial charge in [-0.1, -0.05) is 6.07 Å². The number of nitro benzene ring substituents is 1. The van der Waals surface area contributed by atoms with E-state index in [1.807, 2.05) is 37.3 Å². The largest absolute Gasteiger partial charge is 0.496 e. The van der Waals surface area contributed by atoms with Gasteiger partial charge in [-0.15, -0.1) is 0 Å². The van der Waals surface area contributed by atoms with E-state index < -0.39 is 4.92 Å². The molecule has 0 aliphatic carbocycles. The molecule has 0 atom stereocenters. The molecule has 0 fully saturated rings. The van der Waals surface area contributed by atoms with Crippen molar-refractivity contribution in [2.24, 2.45) is 0 Å². The molecule has 1 aromatic heterocycles. The van der Waals surface area contributed by atoms with Gasteiger partial charge in [0.1, 0.15) is 29.7 Å². The van der Waals surface area contributed by atoms with E-state index in [0.717, 1.165) is 16.6 Å². The van der Waals surface area contributed by atoms with Gasteiger partial charge in [-0.2, -0.15) is 5.26 Å². The molecule has 0 amide bonds. The first-order chi connectivity index (χ1) is 12.5. The highest BCUT2D eigenvalue weighted by Crippen LogP contribution is 2.31.